The molecule has 116 valence electrons. The van der Waals surface area contributed by atoms with Gasteiger partial charge < -0.3 is 9.15 Å². The number of aromatic nitrogens is 3. The second kappa shape index (κ2) is 6.45. The molecular formula is C15H10ClN3O4. The minimum atomic E-state index is -0.757. The van der Waals surface area contributed by atoms with E-state index in [2.05, 4.69) is 15.2 Å². The largest absolute Gasteiger partial charge is 0.434 e. The molecule has 1 N–H and O–H groups in total. The second-order valence-electron chi connectivity index (χ2n) is 4.53. The Kier molecular flexibility index (Phi) is 4.20. The Morgan fingerprint density at radius 2 is 2.09 bits per heavy atom. The van der Waals surface area contributed by atoms with E-state index < -0.39 is 11.6 Å². The number of para-hydroxylation sites is 1. The van der Waals surface area contributed by atoms with Crippen LogP contribution in [-0.4, -0.2) is 26.7 Å². The van der Waals surface area contributed by atoms with Gasteiger partial charge in [-0.1, -0.05) is 23.7 Å². The van der Waals surface area contributed by atoms with E-state index in [-0.39, 0.29) is 18.2 Å². The normalized spacial score (nSPS) is 10.5. The lowest BCUT2D eigenvalue weighted by Gasteiger charge is -2.06. The van der Waals surface area contributed by atoms with Crippen molar-refractivity contribution in [2.24, 2.45) is 0 Å². The number of hydrogen-bond donors (Lipinski definition) is 1. The fourth-order valence-corrected chi connectivity index (χ4v) is 2.04. The number of benzene rings is 1. The second-order valence-corrected chi connectivity index (χ2v) is 4.94. The molecule has 2 heterocycles. The molecule has 0 spiro atoms. The number of Topliss-reactive ketones (excluding diaryl/α,β-unsaturated/α-hetero) is 2. The van der Waals surface area contributed by atoms with Crippen molar-refractivity contribution in [1.82, 2.24) is 15.2 Å². The van der Waals surface area contributed by atoms with E-state index >= 15 is 0 Å². The summed E-state index contributed by atoms with van der Waals surface area (Å²) in [4.78, 5) is 27.6. The van der Waals surface area contributed by atoms with Crippen molar-refractivity contribution in [2.75, 3.05) is 0 Å². The van der Waals surface area contributed by atoms with E-state index in [1.54, 1.807) is 30.3 Å². The SMILES string of the molecule is O=C(Cc1ccoc1Oc1ccccc1Cl)C(=O)c1ncn[nH]1. The summed E-state index contributed by atoms with van der Waals surface area (Å²) in [6, 6.07) is 8.40. The zero-order valence-corrected chi connectivity index (χ0v) is 12.4. The van der Waals surface area contributed by atoms with Crippen LogP contribution in [0.5, 0.6) is 11.7 Å². The zero-order chi connectivity index (χ0) is 16.2. The first kappa shape index (κ1) is 15.0. The molecule has 8 heteroatoms. The van der Waals surface area contributed by atoms with Gasteiger partial charge in [-0.15, -0.1) is 0 Å². The molecule has 0 aliphatic heterocycles. The van der Waals surface area contributed by atoms with Crippen LogP contribution in [0.25, 0.3) is 0 Å². The van der Waals surface area contributed by atoms with Gasteiger partial charge in [0.25, 0.3) is 11.7 Å². The summed E-state index contributed by atoms with van der Waals surface area (Å²) in [5.41, 5.74) is 0.433. The van der Waals surface area contributed by atoms with Crippen molar-refractivity contribution in [1.29, 1.82) is 0 Å². The van der Waals surface area contributed by atoms with Crippen LogP contribution in [-0.2, 0) is 11.2 Å². The molecule has 0 radical (unpaired) electrons. The third kappa shape index (κ3) is 3.29. The van der Waals surface area contributed by atoms with Gasteiger partial charge >= 0.3 is 0 Å². The number of ether oxygens (including phenoxy) is 1. The molecule has 0 saturated carbocycles. The van der Waals surface area contributed by atoms with Crippen molar-refractivity contribution in [3.63, 3.8) is 0 Å². The van der Waals surface area contributed by atoms with Crippen LogP contribution < -0.4 is 4.74 Å². The summed E-state index contributed by atoms with van der Waals surface area (Å²) < 4.78 is 10.8. The fourth-order valence-electron chi connectivity index (χ4n) is 1.87. The summed E-state index contributed by atoms with van der Waals surface area (Å²) in [5, 5.41) is 6.30. The number of rotatable bonds is 6. The summed E-state index contributed by atoms with van der Waals surface area (Å²) in [5.74, 6) is -1.03. The van der Waals surface area contributed by atoms with E-state index in [0.29, 0.717) is 16.3 Å². The van der Waals surface area contributed by atoms with Crippen molar-refractivity contribution < 1.29 is 18.7 Å². The highest BCUT2D eigenvalue weighted by atomic mass is 35.5. The third-order valence-electron chi connectivity index (χ3n) is 2.98. The Hall–Kier alpha value is -2.93. The quantitative estimate of drug-likeness (QED) is 0.551. The van der Waals surface area contributed by atoms with Crippen LogP contribution in [0.1, 0.15) is 16.2 Å². The van der Waals surface area contributed by atoms with Gasteiger partial charge in [0.1, 0.15) is 12.1 Å². The van der Waals surface area contributed by atoms with E-state index in [1.807, 2.05) is 0 Å². The maximum Gasteiger partial charge on any atom is 0.293 e. The number of hydrogen-bond acceptors (Lipinski definition) is 6. The highest BCUT2D eigenvalue weighted by Crippen LogP contribution is 2.31. The van der Waals surface area contributed by atoms with Crippen molar-refractivity contribution in [3.8, 4) is 11.7 Å². The number of aromatic amines is 1. The van der Waals surface area contributed by atoms with E-state index in [1.165, 1.54) is 6.26 Å². The van der Waals surface area contributed by atoms with Gasteiger partial charge in [-0.3, -0.25) is 14.7 Å². The standard InChI is InChI=1S/C15H10ClN3O4/c16-10-3-1-2-4-12(10)23-15-9(5-6-22-15)7-11(20)13(21)14-17-8-18-19-14/h1-6,8H,7H2,(H,17,18,19). The molecule has 0 saturated heterocycles. The Bertz CT molecular complexity index is 842. The number of ketones is 2. The molecule has 2 aromatic heterocycles. The minimum absolute atomic E-state index is 0.105. The molecule has 3 aromatic rings. The molecule has 7 nitrogen and oxygen atoms in total. The first-order chi connectivity index (χ1) is 11.1. The number of halogens is 1. The molecule has 3 rings (SSSR count). The molecule has 0 bridgehead atoms. The number of nitrogens with one attached hydrogen (secondary N) is 1. The van der Waals surface area contributed by atoms with E-state index in [0.717, 1.165) is 6.33 Å². The van der Waals surface area contributed by atoms with Crippen LogP contribution in [0.2, 0.25) is 5.02 Å². The van der Waals surface area contributed by atoms with Gasteiger partial charge in [-0.2, -0.15) is 5.10 Å². The van der Waals surface area contributed by atoms with Crippen LogP contribution in [0.4, 0.5) is 0 Å². The number of carbonyl (C=O) groups excluding carboxylic acids is 2. The molecule has 0 aliphatic rings. The number of H-pyrrole nitrogens is 1. The topological polar surface area (TPSA) is 98.1 Å². The van der Waals surface area contributed by atoms with Crippen LogP contribution >= 0.6 is 11.6 Å². The molecule has 1 aromatic carbocycles. The van der Waals surface area contributed by atoms with Gasteiger partial charge in [-0.25, -0.2) is 4.98 Å². The summed E-state index contributed by atoms with van der Waals surface area (Å²) in [7, 11) is 0. The molecule has 0 atom stereocenters. The van der Waals surface area contributed by atoms with Crippen LogP contribution in [0, 0.1) is 0 Å². The third-order valence-corrected chi connectivity index (χ3v) is 3.29. The van der Waals surface area contributed by atoms with Gasteiger partial charge in [0.2, 0.25) is 5.78 Å². The average molecular weight is 332 g/mol. The zero-order valence-electron chi connectivity index (χ0n) is 11.7. The van der Waals surface area contributed by atoms with Crippen LogP contribution in [0.15, 0.2) is 47.3 Å². The molecule has 23 heavy (non-hydrogen) atoms. The highest BCUT2D eigenvalue weighted by Gasteiger charge is 2.22. The van der Waals surface area contributed by atoms with Gasteiger partial charge in [0.05, 0.1) is 11.3 Å². The Balaban J connectivity index is 1.75. The number of furan rings is 1. The Morgan fingerprint density at radius 3 is 2.83 bits per heavy atom. The fraction of sp³-hybridized carbons (Fsp3) is 0.0667. The lowest BCUT2D eigenvalue weighted by atomic mass is 10.1. The average Bonchev–Trinajstić information content (AvgIpc) is 3.21. The Morgan fingerprint density at radius 1 is 1.26 bits per heavy atom. The maximum atomic E-state index is 12.0. The van der Waals surface area contributed by atoms with E-state index in [4.69, 9.17) is 20.8 Å². The first-order valence-electron chi connectivity index (χ1n) is 6.57. The van der Waals surface area contributed by atoms with Crippen LogP contribution in [0.3, 0.4) is 0 Å². The summed E-state index contributed by atoms with van der Waals surface area (Å²) >= 11 is 6.01. The smallest absolute Gasteiger partial charge is 0.293 e. The van der Waals surface area contributed by atoms with Gasteiger partial charge in [-0.05, 0) is 18.2 Å². The maximum absolute atomic E-state index is 12.0. The highest BCUT2D eigenvalue weighted by molar-refractivity contribution is 6.43. The lowest BCUT2D eigenvalue weighted by molar-refractivity contribution is -0.114. The summed E-state index contributed by atoms with van der Waals surface area (Å²) in [6.45, 7) is 0. The van der Waals surface area contributed by atoms with Crippen molar-refractivity contribution in [2.45, 2.75) is 6.42 Å². The van der Waals surface area contributed by atoms with Crippen molar-refractivity contribution >= 4 is 23.2 Å². The molecule has 0 unspecified atom stereocenters. The minimum Gasteiger partial charge on any atom is -0.434 e. The van der Waals surface area contributed by atoms with E-state index in [9.17, 15) is 9.59 Å². The molecule has 0 amide bonds. The van der Waals surface area contributed by atoms with Crippen molar-refractivity contribution in [3.05, 3.63) is 59.3 Å². The molecule has 0 aliphatic carbocycles. The first-order valence-corrected chi connectivity index (χ1v) is 6.94. The van der Waals surface area contributed by atoms with Gasteiger partial charge in [0.15, 0.2) is 5.82 Å². The predicted octanol–water partition coefficient (Wildman–Crippen LogP) is 2.84. The number of nitrogens with zero attached hydrogens (tertiary/aromatic N) is 2. The predicted molar refractivity (Wildman–Crippen MR) is 79.7 cm³/mol. The van der Waals surface area contributed by atoms with Gasteiger partial charge in [0, 0.05) is 12.0 Å². The monoisotopic (exact) mass is 331 g/mol. The Labute approximate surface area is 135 Å². The number of carbonyl (C=O) groups is 2. The molecular weight excluding hydrogens is 322 g/mol. The molecule has 0 fully saturated rings. The lowest BCUT2D eigenvalue weighted by Crippen LogP contribution is -2.18. The summed E-state index contributed by atoms with van der Waals surface area (Å²) in [6.07, 6.45) is 2.34.